The Labute approximate surface area is 217 Å². The summed E-state index contributed by atoms with van der Waals surface area (Å²) in [5.41, 5.74) is 6.19. The maximum atomic E-state index is 13.3. The number of carbonyl (C=O) groups is 2. The maximum absolute atomic E-state index is 13.3. The van der Waals surface area contributed by atoms with Crippen LogP contribution in [0.4, 0.5) is 0 Å². The highest BCUT2D eigenvalue weighted by molar-refractivity contribution is 7.14. The minimum atomic E-state index is -0.521. The second-order valence-corrected chi connectivity index (χ2v) is 10.6. The van der Waals surface area contributed by atoms with Crippen LogP contribution in [0.25, 0.3) is 22.4 Å². The average molecular weight is 519 g/mol. The molecule has 1 aliphatic rings. The largest absolute Gasteiger partial charge is 0.347 e. The summed E-state index contributed by atoms with van der Waals surface area (Å²) in [5, 5.41) is 18.2. The van der Waals surface area contributed by atoms with Gasteiger partial charge in [-0.1, -0.05) is 54.6 Å². The lowest BCUT2D eigenvalue weighted by Crippen LogP contribution is -2.26. The first-order valence-electron chi connectivity index (χ1n) is 11.8. The second kappa shape index (κ2) is 11.1. The molecule has 0 bridgehead atoms. The molecule has 7 nitrogen and oxygen atoms in total. The van der Waals surface area contributed by atoms with E-state index in [2.05, 4.69) is 10.6 Å². The van der Waals surface area contributed by atoms with E-state index in [0.29, 0.717) is 22.2 Å². The summed E-state index contributed by atoms with van der Waals surface area (Å²) in [6, 6.07) is 19.5. The Balaban J connectivity index is 1.30. The molecular formula is C27H26N4O3S2. The summed E-state index contributed by atoms with van der Waals surface area (Å²) >= 11 is 2.78. The van der Waals surface area contributed by atoms with Gasteiger partial charge in [-0.25, -0.2) is 10.5 Å². The fraction of sp³-hybridized carbons (Fsp3) is 0.222. The highest BCUT2D eigenvalue weighted by Gasteiger charge is 2.25. The smallest absolute Gasteiger partial charge is 0.284 e. The van der Waals surface area contributed by atoms with Gasteiger partial charge in [0.1, 0.15) is 4.88 Å². The molecule has 3 heterocycles. The van der Waals surface area contributed by atoms with Gasteiger partial charge in [-0.15, -0.1) is 22.7 Å². The summed E-state index contributed by atoms with van der Waals surface area (Å²) in [4.78, 5) is 30.9. The third-order valence-electron chi connectivity index (χ3n) is 6.25. The van der Waals surface area contributed by atoms with Gasteiger partial charge in [0.25, 0.3) is 11.8 Å². The molecule has 9 heteroatoms. The molecule has 0 saturated carbocycles. The van der Waals surface area contributed by atoms with Crippen LogP contribution in [-0.4, -0.2) is 35.1 Å². The molecule has 0 radical (unpaired) electrons. The first kappa shape index (κ1) is 24.3. The van der Waals surface area contributed by atoms with E-state index in [1.54, 1.807) is 11.5 Å². The minimum Gasteiger partial charge on any atom is -0.347 e. The van der Waals surface area contributed by atoms with E-state index in [1.807, 2.05) is 60.0 Å². The van der Waals surface area contributed by atoms with Crippen molar-refractivity contribution >= 4 is 34.5 Å². The number of thiazole rings is 1. The minimum absolute atomic E-state index is 0.117. The van der Waals surface area contributed by atoms with Gasteiger partial charge in [0, 0.05) is 18.0 Å². The van der Waals surface area contributed by atoms with E-state index < -0.39 is 5.91 Å². The van der Waals surface area contributed by atoms with Crippen LogP contribution in [-0.2, 0) is 6.54 Å². The Morgan fingerprint density at radius 2 is 1.72 bits per heavy atom. The predicted octanol–water partition coefficient (Wildman–Crippen LogP) is 5.05. The molecule has 0 unspecified atom stereocenters. The van der Waals surface area contributed by atoms with Gasteiger partial charge in [-0.2, -0.15) is 0 Å². The van der Waals surface area contributed by atoms with Crippen molar-refractivity contribution in [2.24, 2.45) is 0 Å². The van der Waals surface area contributed by atoms with E-state index >= 15 is 0 Å². The Morgan fingerprint density at radius 1 is 0.972 bits per heavy atom. The molecule has 0 spiro atoms. The predicted molar refractivity (Wildman–Crippen MR) is 143 cm³/mol. The van der Waals surface area contributed by atoms with E-state index in [-0.39, 0.29) is 5.91 Å². The van der Waals surface area contributed by atoms with Crippen LogP contribution in [0.5, 0.6) is 0 Å². The number of benzene rings is 2. The Bertz CT molecular complexity index is 1340. The van der Waals surface area contributed by atoms with Crippen LogP contribution < -0.4 is 16.1 Å². The Morgan fingerprint density at radius 3 is 2.44 bits per heavy atom. The monoisotopic (exact) mass is 518 g/mol. The lowest BCUT2D eigenvalue weighted by Gasteiger charge is -2.20. The number of rotatable bonds is 7. The van der Waals surface area contributed by atoms with Gasteiger partial charge in [-0.3, -0.25) is 14.8 Å². The molecule has 0 aliphatic carbocycles. The highest BCUT2D eigenvalue weighted by atomic mass is 32.1. The number of nitrogens with zero attached hydrogens (tertiary/aromatic N) is 1. The number of carbonyl (C=O) groups excluding carboxylic acids is 2. The van der Waals surface area contributed by atoms with Crippen molar-refractivity contribution in [1.29, 1.82) is 0 Å². The second-order valence-electron chi connectivity index (χ2n) is 8.64. The lowest BCUT2D eigenvalue weighted by atomic mass is 9.99. The molecule has 2 amide bonds. The van der Waals surface area contributed by atoms with Crippen molar-refractivity contribution < 1.29 is 14.8 Å². The van der Waals surface area contributed by atoms with Gasteiger partial charge in [0.15, 0.2) is 0 Å². The van der Waals surface area contributed by atoms with Crippen LogP contribution in [0.1, 0.15) is 48.7 Å². The maximum Gasteiger partial charge on any atom is 0.284 e. The van der Waals surface area contributed by atoms with Crippen molar-refractivity contribution in [3.8, 4) is 22.4 Å². The van der Waals surface area contributed by atoms with Crippen LogP contribution in [0, 0.1) is 0 Å². The molecule has 5 rings (SSSR count). The van der Waals surface area contributed by atoms with Gasteiger partial charge in [0.2, 0.25) is 0 Å². The zero-order valence-electron chi connectivity index (χ0n) is 19.5. The average Bonchev–Trinajstić information content (AvgIpc) is 3.61. The molecule has 2 aromatic heterocycles. The van der Waals surface area contributed by atoms with E-state index in [1.165, 1.54) is 22.7 Å². The SMILES string of the molecule is O=C(NO)c1cc(-c2ccc(CNC(=O)c3sc(C4CCNCC4)nc3-c3ccccc3)cc2)cs1. The first-order valence-corrected chi connectivity index (χ1v) is 13.5. The number of aromatic nitrogens is 1. The van der Waals surface area contributed by atoms with Gasteiger partial charge >= 0.3 is 0 Å². The van der Waals surface area contributed by atoms with Gasteiger partial charge in [-0.05, 0) is 54.1 Å². The van der Waals surface area contributed by atoms with Crippen molar-refractivity contribution in [2.75, 3.05) is 13.1 Å². The van der Waals surface area contributed by atoms with E-state index in [4.69, 9.17) is 10.2 Å². The molecular weight excluding hydrogens is 492 g/mol. The molecule has 2 aromatic carbocycles. The van der Waals surface area contributed by atoms with Gasteiger partial charge in [0.05, 0.1) is 15.6 Å². The molecule has 1 aliphatic heterocycles. The van der Waals surface area contributed by atoms with Crippen molar-refractivity contribution in [3.05, 3.63) is 86.4 Å². The summed E-state index contributed by atoms with van der Waals surface area (Å²) in [5.74, 6) is -0.256. The number of nitrogens with one attached hydrogen (secondary N) is 3. The van der Waals surface area contributed by atoms with Crippen LogP contribution in [0.3, 0.4) is 0 Å². The molecule has 4 aromatic rings. The van der Waals surface area contributed by atoms with E-state index in [0.717, 1.165) is 58.9 Å². The van der Waals surface area contributed by atoms with Crippen molar-refractivity contribution in [1.82, 2.24) is 21.1 Å². The zero-order valence-corrected chi connectivity index (χ0v) is 21.1. The lowest BCUT2D eigenvalue weighted by molar-refractivity contribution is 0.0711. The van der Waals surface area contributed by atoms with Crippen LogP contribution >= 0.6 is 22.7 Å². The standard InChI is InChI=1S/C27H26N4O3S2/c32-25(31-34)22-14-21(16-35-22)18-8-6-17(7-9-18)15-29-26(33)24-23(19-4-2-1-3-5-19)30-27(36-24)20-10-12-28-13-11-20/h1-9,14,16,20,28,34H,10-13,15H2,(H,29,33)(H,31,32). The quantitative estimate of drug-likeness (QED) is 0.202. The van der Waals surface area contributed by atoms with Crippen molar-refractivity contribution in [3.63, 3.8) is 0 Å². The Kier molecular flexibility index (Phi) is 7.52. The molecule has 184 valence electrons. The fourth-order valence-corrected chi connectivity index (χ4v) is 6.24. The number of hydrogen-bond acceptors (Lipinski definition) is 7. The number of hydroxylamine groups is 1. The summed E-state index contributed by atoms with van der Waals surface area (Å²) in [7, 11) is 0. The topological polar surface area (TPSA) is 103 Å². The number of amides is 2. The number of piperidine rings is 1. The van der Waals surface area contributed by atoms with E-state index in [9.17, 15) is 9.59 Å². The Hall–Kier alpha value is -3.37. The van der Waals surface area contributed by atoms with Crippen LogP contribution in [0.2, 0.25) is 0 Å². The van der Waals surface area contributed by atoms with Crippen molar-refractivity contribution in [2.45, 2.75) is 25.3 Å². The third-order valence-corrected chi connectivity index (χ3v) is 8.40. The number of thiophene rings is 1. The molecule has 36 heavy (non-hydrogen) atoms. The summed E-state index contributed by atoms with van der Waals surface area (Å²) < 4.78 is 0. The molecule has 4 N–H and O–H groups in total. The van der Waals surface area contributed by atoms with Crippen LogP contribution in [0.15, 0.2) is 66.0 Å². The third kappa shape index (κ3) is 5.39. The first-order chi connectivity index (χ1) is 17.6. The normalized spacial score (nSPS) is 13.9. The fourth-order valence-electron chi connectivity index (χ4n) is 4.27. The number of hydrogen-bond donors (Lipinski definition) is 4. The molecule has 1 saturated heterocycles. The summed E-state index contributed by atoms with van der Waals surface area (Å²) in [6.45, 7) is 2.35. The summed E-state index contributed by atoms with van der Waals surface area (Å²) in [6.07, 6.45) is 2.07. The molecule has 1 fully saturated rings. The highest BCUT2D eigenvalue weighted by Crippen LogP contribution is 2.35. The molecule has 0 atom stereocenters. The van der Waals surface area contributed by atoms with Gasteiger partial charge < -0.3 is 10.6 Å². The zero-order chi connectivity index (χ0) is 24.9.